The Kier molecular flexibility index (Phi) is 5.87. The third kappa shape index (κ3) is 5.68. The minimum Gasteiger partial charge on any atom is -0.372 e. The van der Waals surface area contributed by atoms with Gasteiger partial charge in [-0.15, -0.1) is 0 Å². The largest absolute Gasteiger partial charge is 0.411 e. The summed E-state index contributed by atoms with van der Waals surface area (Å²) in [6, 6.07) is 0. The van der Waals surface area contributed by atoms with Crippen LogP contribution in [-0.4, -0.2) is 49.8 Å². The Bertz CT molecular complexity index is 272. The Balaban J connectivity index is 2.20. The van der Waals surface area contributed by atoms with E-state index in [9.17, 15) is 18.0 Å². The molecule has 1 fully saturated rings. The van der Waals surface area contributed by atoms with E-state index in [0.29, 0.717) is 25.6 Å². The van der Waals surface area contributed by atoms with Gasteiger partial charge in [0.1, 0.15) is 6.61 Å². The van der Waals surface area contributed by atoms with E-state index in [-0.39, 0.29) is 18.9 Å². The van der Waals surface area contributed by atoms with Crippen LogP contribution in [0.25, 0.3) is 0 Å². The maximum absolute atomic E-state index is 11.8. The molecule has 1 aliphatic heterocycles. The van der Waals surface area contributed by atoms with Crippen LogP contribution >= 0.6 is 0 Å². The molecular formula is C11H19F3N2O2. The highest BCUT2D eigenvalue weighted by atomic mass is 19.4. The number of rotatable bonds is 5. The first-order valence-corrected chi connectivity index (χ1v) is 6.04. The second kappa shape index (κ2) is 6.94. The highest BCUT2D eigenvalue weighted by molar-refractivity contribution is 5.76. The lowest BCUT2D eigenvalue weighted by Gasteiger charge is -2.32. The van der Waals surface area contributed by atoms with Crippen LogP contribution in [0.3, 0.4) is 0 Å². The predicted molar refractivity (Wildman–Crippen MR) is 59.8 cm³/mol. The van der Waals surface area contributed by atoms with Crippen LogP contribution in [0.4, 0.5) is 13.2 Å². The fourth-order valence-corrected chi connectivity index (χ4v) is 1.99. The molecule has 1 heterocycles. The van der Waals surface area contributed by atoms with Gasteiger partial charge < -0.3 is 15.4 Å². The van der Waals surface area contributed by atoms with Gasteiger partial charge in [0.05, 0.1) is 13.0 Å². The van der Waals surface area contributed by atoms with Gasteiger partial charge in [-0.1, -0.05) is 0 Å². The van der Waals surface area contributed by atoms with Crippen molar-refractivity contribution in [1.29, 1.82) is 0 Å². The highest BCUT2D eigenvalue weighted by Crippen LogP contribution is 2.17. The van der Waals surface area contributed by atoms with Gasteiger partial charge in [-0.3, -0.25) is 4.79 Å². The van der Waals surface area contributed by atoms with Crippen molar-refractivity contribution < 1.29 is 22.7 Å². The summed E-state index contributed by atoms with van der Waals surface area (Å²) < 4.78 is 39.8. The number of ether oxygens (including phenoxy) is 1. The van der Waals surface area contributed by atoms with Crippen molar-refractivity contribution in [1.82, 2.24) is 4.90 Å². The van der Waals surface area contributed by atoms with Gasteiger partial charge in [-0.2, -0.15) is 13.2 Å². The molecule has 0 aromatic rings. The normalized spacial score (nSPS) is 21.1. The van der Waals surface area contributed by atoms with Gasteiger partial charge in [0.25, 0.3) is 0 Å². The van der Waals surface area contributed by atoms with Gasteiger partial charge in [0.2, 0.25) is 5.91 Å². The monoisotopic (exact) mass is 268 g/mol. The third-order valence-corrected chi connectivity index (χ3v) is 2.93. The quantitative estimate of drug-likeness (QED) is 0.761. The Morgan fingerprint density at radius 1 is 1.44 bits per heavy atom. The van der Waals surface area contributed by atoms with Crippen molar-refractivity contribution in [2.75, 3.05) is 32.8 Å². The lowest BCUT2D eigenvalue weighted by Crippen LogP contribution is -2.42. The smallest absolute Gasteiger partial charge is 0.372 e. The molecule has 1 unspecified atom stereocenters. The van der Waals surface area contributed by atoms with Crippen LogP contribution in [-0.2, 0) is 9.53 Å². The topological polar surface area (TPSA) is 55.6 Å². The molecule has 4 nitrogen and oxygen atoms in total. The number of nitrogens with zero attached hydrogens (tertiary/aromatic N) is 1. The molecule has 7 heteroatoms. The third-order valence-electron chi connectivity index (χ3n) is 2.93. The minimum atomic E-state index is -4.33. The fraction of sp³-hybridized carbons (Fsp3) is 0.909. The Morgan fingerprint density at radius 3 is 2.78 bits per heavy atom. The maximum Gasteiger partial charge on any atom is 0.411 e. The molecule has 0 aromatic carbocycles. The highest BCUT2D eigenvalue weighted by Gasteiger charge is 2.28. The van der Waals surface area contributed by atoms with E-state index in [0.717, 1.165) is 12.8 Å². The lowest BCUT2D eigenvalue weighted by atomic mass is 9.98. The lowest BCUT2D eigenvalue weighted by molar-refractivity contribution is -0.175. The van der Waals surface area contributed by atoms with Crippen molar-refractivity contribution in [3.05, 3.63) is 0 Å². The number of amides is 1. The molecule has 18 heavy (non-hydrogen) atoms. The van der Waals surface area contributed by atoms with E-state index in [2.05, 4.69) is 4.74 Å². The molecule has 1 saturated heterocycles. The summed E-state index contributed by atoms with van der Waals surface area (Å²) in [6.45, 7) is 0.311. The first-order valence-electron chi connectivity index (χ1n) is 6.04. The Morgan fingerprint density at radius 2 is 2.17 bits per heavy atom. The van der Waals surface area contributed by atoms with E-state index in [1.54, 1.807) is 4.90 Å². The van der Waals surface area contributed by atoms with E-state index < -0.39 is 12.8 Å². The number of hydrogen-bond acceptors (Lipinski definition) is 3. The van der Waals surface area contributed by atoms with Gasteiger partial charge in [0.15, 0.2) is 0 Å². The molecular weight excluding hydrogens is 249 g/mol. The molecule has 0 spiro atoms. The molecule has 0 aromatic heterocycles. The second-order valence-corrected chi connectivity index (χ2v) is 4.50. The van der Waals surface area contributed by atoms with Crippen molar-refractivity contribution >= 4 is 5.91 Å². The van der Waals surface area contributed by atoms with Crippen LogP contribution < -0.4 is 5.73 Å². The van der Waals surface area contributed by atoms with Crippen molar-refractivity contribution in [2.24, 2.45) is 11.7 Å². The number of likely N-dealkylation sites (tertiary alicyclic amines) is 1. The average Bonchev–Trinajstić information content (AvgIpc) is 2.33. The summed E-state index contributed by atoms with van der Waals surface area (Å²) >= 11 is 0. The summed E-state index contributed by atoms with van der Waals surface area (Å²) in [5.41, 5.74) is 5.55. The number of carbonyl (C=O) groups is 1. The molecule has 1 aliphatic rings. The molecule has 2 N–H and O–H groups in total. The zero-order valence-corrected chi connectivity index (χ0v) is 10.2. The molecule has 0 radical (unpaired) electrons. The van der Waals surface area contributed by atoms with Crippen LogP contribution in [0.2, 0.25) is 0 Å². The number of alkyl halides is 3. The van der Waals surface area contributed by atoms with Gasteiger partial charge >= 0.3 is 6.18 Å². The summed E-state index contributed by atoms with van der Waals surface area (Å²) in [6.07, 6.45) is -2.44. The van der Waals surface area contributed by atoms with E-state index >= 15 is 0 Å². The summed E-state index contributed by atoms with van der Waals surface area (Å²) in [5, 5.41) is 0. The van der Waals surface area contributed by atoms with Gasteiger partial charge in [0, 0.05) is 13.1 Å². The van der Waals surface area contributed by atoms with Crippen molar-refractivity contribution in [3.8, 4) is 0 Å². The minimum absolute atomic E-state index is 0.00658. The zero-order chi connectivity index (χ0) is 13.6. The summed E-state index contributed by atoms with van der Waals surface area (Å²) in [4.78, 5) is 13.4. The SMILES string of the molecule is NCC1CCCN(C(=O)CCOCC(F)(F)F)C1. The first kappa shape index (κ1) is 15.2. The number of piperidine rings is 1. The van der Waals surface area contributed by atoms with E-state index in [1.165, 1.54) is 0 Å². The fourth-order valence-electron chi connectivity index (χ4n) is 1.99. The predicted octanol–water partition coefficient (Wildman–Crippen LogP) is 1.15. The summed E-state index contributed by atoms with van der Waals surface area (Å²) in [5.74, 6) is 0.147. The van der Waals surface area contributed by atoms with Crippen LogP contribution in [0.5, 0.6) is 0 Å². The number of carbonyl (C=O) groups excluding carboxylic acids is 1. The summed E-state index contributed by atoms with van der Waals surface area (Å²) in [7, 11) is 0. The van der Waals surface area contributed by atoms with Gasteiger partial charge in [-0.25, -0.2) is 0 Å². The van der Waals surface area contributed by atoms with Crippen LogP contribution in [0.1, 0.15) is 19.3 Å². The molecule has 0 saturated carbocycles. The number of halogens is 3. The number of nitrogens with two attached hydrogens (primary N) is 1. The first-order chi connectivity index (χ1) is 8.42. The Labute approximate surface area is 104 Å². The van der Waals surface area contributed by atoms with E-state index in [4.69, 9.17) is 5.73 Å². The molecule has 1 atom stereocenters. The second-order valence-electron chi connectivity index (χ2n) is 4.50. The molecule has 1 amide bonds. The van der Waals surface area contributed by atoms with Gasteiger partial charge in [-0.05, 0) is 25.3 Å². The Hall–Kier alpha value is -0.820. The van der Waals surface area contributed by atoms with Crippen LogP contribution in [0, 0.1) is 5.92 Å². The molecule has 0 bridgehead atoms. The number of hydrogen-bond donors (Lipinski definition) is 1. The van der Waals surface area contributed by atoms with E-state index in [1.807, 2.05) is 0 Å². The van der Waals surface area contributed by atoms with Crippen molar-refractivity contribution in [3.63, 3.8) is 0 Å². The maximum atomic E-state index is 11.8. The molecule has 0 aliphatic carbocycles. The standard InChI is InChI=1S/C11H19F3N2O2/c12-11(13,14)8-18-5-3-10(17)16-4-1-2-9(6-15)7-16/h9H,1-8,15H2. The zero-order valence-electron chi connectivity index (χ0n) is 10.2. The van der Waals surface area contributed by atoms with Crippen molar-refractivity contribution in [2.45, 2.75) is 25.4 Å². The van der Waals surface area contributed by atoms with Crippen LogP contribution in [0.15, 0.2) is 0 Å². The molecule has 1 rings (SSSR count). The average molecular weight is 268 g/mol. The molecule has 106 valence electrons.